The van der Waals surface area contributed by atoms with E-state index in [-0.39, 0.29) is 11.3 Å². The van der Waals surface area contributed by atoms with Crippen molar-refractivity contribution >= 4 is 17.5 Å². The first-order chi connectivity index (χ1) is 8.43. The number of ether oxygens (including phenoxy) is 1. The quantitative estimate of drug-likeness (QED) is 0.769. The number of hydrogen-bond donors (Lipinski definition) is 0. The van der Waals surface area contributed by atoms with Gasteiger partial charge in [0, 0.05) is 26.3 Å². The highest BCUT2D eigenvalue weighted by atomic mass is 35.5. The van der Waals surface area contributed by atoms with Crippen molar-refractivity contribution in [2.45, 2.75) is 19.2 Å². The maximum absolute atomic E-state index is 12.2. The van der Waals surface area contributed by atoms with Crippen LogP contribution in [0.25, 0.3) is 0 Å². The van der Waals surface area contributed by atoms with Gasteiger partial charge in [-0.1, -0.05) is 17.2 Å². The molecule has 0 saturated heterocycles. The first-order valence-corrected chi connectivity index (χ1v) is 6.34. The molecule has 4 heteroatoms. The summed E-state index contributed by atoms with van der Waals surface area (Å²) in [4.78, 5) is 13.8. The SMILES string of the molecule is COCC(Cl)CN(C)C(=O)c1cc(C)cc(C)c1. The van der Waals surface area contributed by atoms with Crippen LogP contribution in [0.5, 0.6) is 0 Å². The minimum absolute atomic E-state index is 0.0106. The van der Waals surface area contributed by atoms with E-state index < -0.39 is 0 Å². The number of alkyl halides is 1. The third kappa shape index (κ3) is 4.31. The molecule has 0 radical (unpaired) electrons. The Morgan fingerprint density at radius 3 is 2.39 bits per heavy atom. The van der Waals surface area contributed by atoms with Gasteiger partial charge in [-0.3, -0.25) is 4.79 Å². The van der Waals surface area contributed by atoms with Gasteiger partial charge in [-0.2, -0.15) is 0 Å². The summed E-state index contributed by atoms with van der Waals surface area (Å²) in [5.74, 6) is -0.0106. The fourth-order valence-corrected chi connectivity index (χ4v) is 2.27. The van der Waals surface area contributed by atoms with E-state index in [9.17, 15) is 4.79 Å². The number of carbonyl (C=O) groups excluding carboxylic acids is 1. The molecule has 1 aromatic carbocycles. The molecule has 1 atom stereocenters. The number of hydrogen-bond acceptors (Lipinski definition) is 2. The smallest absolute Gasteiger partial charge is 0.253 e. The zero-order valence-electron chi connectivity index (χ0n) is 11.4. The summed E-state index contributed by atoms with van der Waals surface area (Å²) in [5.41, 5.74) is 2.88. The summed E-state index contributed by atoms with van der Waals surface area (Å²) in [7, 11) is 3.35. The number of nitrogens with zero attached hydrogens (tertiary/aromatic N) is 1. The Morgan fingerprint density at radius 1 is 1.33 bits per heavy atom. The van der Waals surface area contributed by atoms with E-state index in [1.165, 1.54) is 0 Å². The Morgan fingerprint density at radius 2 is 1.89 bits per heavy atom. The number of carbonyl (C=O) groups is 1. The molecule has 0 aliphatic heterocycles. The lowest BCUT2D eigenvalue weighted by Gasteiger charge is -2.20. The molecule has 0 spiro atoms. The lowest BCUT2D eigenvalue weighted by molar-refractivity contribution is 0.0781. The van der Waals surface area contributed by atoms with Gasteiger partial charge in [0.15, 0.2) is 0 Å². The van der Waals surface area contributed by atoms with E-state index in [4.69, 9.17) is 16.3 Å². The van der Waals surface area contributed by atoms with Gasteiger partial charge in [0.2, 0.25) is 0 Å². The fourth-order valence-electron chi connectivity index (χ4n) is 1.93. The average Bonchev–Trinajstić information content (AvgIpc) is 2.26. The highest BCUT2D eigenvalue weighted by Crippen LogP contribution is 2.12. The van der Waals surface area contributed by atoms with Crippen molar-refractivity contribution in [3.63, 3.8) is 0 Å². The molecule has 3 nitrogen and oxygen atoms in total. The van der Waals surface area contributed by atoms with Crippen molar-refractivity contribution in [3.05, 3.63) is 34.9 Å². The predicted octanol–water partition coefficient (Wildman–Crippen LogP) is 2.63. The number of amides is 1. The van der Waals surface area contributed by atoms with Crippen molar-refractivity contribution in [1.29, 1.82) is 0 Å². The zero-order chi connectivity index (χ0) is 13.7. The van der Waals surface area contributed by atoms with Crippen LogP contribution in [0.1, 0.15) is 21.5 Å². The Hall–Kier alpha value is -1.06. The van der Waals surface area contributed by atoms with Crippen LogP contribution in [0.3, 0.4) is 0 Å². The van der Waals surface area contributed by atoms with Gasteiger partial charge in [0.05, 0.1) is 12.0 Å². The molecule has 0 aliphatic rings. The second kappa shape index (κ2) is 6.76. The molecule has 1 rings (SSSR count). The summed E-state index contributed by atoms with van der Waals surface area (Å²) in [6.45, 7) is 4.88. The molecule has 1 aromatic rings. The monoisotopic (exact) mass is 269 g/mol. The molecule has 0 fully saturated rings. The molecule has 1 amide bonds. The van der Waals surface area contributed by atoms with Gasteiger partial charge in [-0.05, 0) is 26.0 Å². The summed E-state index contributed by atoms with van der Waals surface area (Å²) >= 11 is 6.05. The highest BCUT2D eigenvalue weighted by molar-refractivity contribution is 6.21. The molecule has 0 saturated carbocycles. The summed E-state index contributed by atoms with van der Waals surface area (Å²) in [5, 5.41) is -0.185. The van der Waals surface area contributed by atoms with Crippen LogP contribution in [0, 0.1) is 13.8 Å². The maximum Gasteiger partial charge on any atom is 0.253 e. The number of halogens is 1. The molecule has 18 heavy (non-hydrogen) atoms. The van der Waals surface area contributed by atoms with Crippen LogP contribution in [0.15, 0.2) is 18.2 Å². The topological polar surface area (TPSA) is 29.5 Å². The van der Waals surface area contributed by atoms with Gasteiger partial charge in [-0.25, -0.2) is 0 Å². The van der Waals surface area contributed by atoms with Crippen molar-refractivity contribution in [1.82, 2.24) is 4.90 Å². The van der Waals surface area contributed by atoms with E-state index >= 15 is 0 Å². The number of benzene rings is 1. The van der Waals surface area contributed by atoms with Gasteiger partial charge >= 0.3 is 0 Å². The van der Waals surface area contributed by atoms with Crippen molar-refractivity contribution in [2.24, 2.45) is 0 Å². The first kappa shape index (κ1) is 15.0. The van der Waals surface area contributed by atoms with Crippen molar-refractivity contribution in [3.8, 4) is 0 Å². The molecule has 0 aliphatic carbocycles. The third-order valence-electron chi connectivity index (χ3n) is 2.63. The number of rotatable bonds is 5. The average molecular weight is 270 g/mol. The second-order valence-corrected chi connectivity index (χ2v) is 5.23. The standard InChI is InChI=1S/C14H20ClNO2/c1-10-5-11(2)7-12(6-10)14(17)16(3)8-13(15)9-18-4/h5-7,13H,8-9H2,1-4H3. The van der Waals surface area contributed by atoms with Crippen LogP contribution in [0.4, 0.5) is 0 Å². The minimum Gasteiger partial charge on any atom is -0.383 e. The number of methoxy groups -OCH3 is 1. The molecule has 0 N–H and O–H groups in total. The summed E-state index contributed by atoms with van der Waals surface area (Å²) in [6, 6.07) is 5.84. The Kier molecular flexibility index (Phi) is 5.63. The molecule has 0 bridgehead atoms. The van der Waals surface area contributed by atoms with Gasteiger partial charge < -0.3 is 9.64 Å². The van der Waals surface area contributed by atoms with Gasteiger partial charge in [0.1, 0.15) is 0 Å². The lowest BCUT2D eigenvalue weighted by Crippen LogP contribution is -2.34. The van der Waals surface area contributed by atoms with E-state index in [0.717, 1.165) is 11.1 Å². The predicted molar refractivity (Wildman–Crippen MR) is 74.4 cm³/mol. The van der Waals surface area contributed by atoms with Crippen LogP contribution in [0.2, 0.25) is 0 Å². The molecule has 0 aromatic heterocycles. The Labute approximate surface area is 114 Å². The molecule has 100 valence electrons. The normalized spacial score (nSPS) is 12.3. The fraction of sp³-hybridized carbons (Fsp3) is 0.500. The van der Waals surface area contributed by atoms with Crippen LogP contribution >= 0.6 is 11.6 Å². The van der Waals surface area contributed by atoms with Crippen LogP contribution in [-0.4, -0.2) is 43.5 Å². The number of aryl methyl sites for hydroxylation is 2. The third-order valence-corrected chi connectivity index (χ3v) is 2.90. The van der Waals surface area contributed by atoms with E-state index in [1.807, 2.05) is 32.0 Å². The first-order valence-electron chi connectivity index (χ1n) is 5.90. The highest BCUT2D eigenvalue weighted by Gasteiger charge is 2.15. The second-order valence-electron chi connectivity index (χ2n) is 4.61. The zero-order valence-corrected chi connectivity index (χ0v) is 12.1. The minimum atomic E-state index is -0.185. The maximum atomic E-state index is 12.2. The van der Waals surface area contributed by atoms with Gasteiger partial charge in [-0.15, -0.1) is 11.6 Å². The largest absolute Gasteiger partial charge is 0.383 e. The van der Waals surface area contributed by atoms with E-state index in [2.05, 4.69) is 0 Å². The van der Waals surface area contributed by atoms with Gasteiger partial charge in [0.25, 0.3) is 5.91 Å². The molecular weight excluding hydrogens is 250 g/mol. The van der Waals surface area contributed by atoms with Crippen LogP contribution in [-0.2, 0) is 4.74 Å². The van der Waals surface area contributed by atoms with Crippen molar-refractivity contribution < 1.29 is 9.53 Å². The molecule has 1 unspecified atom stereocenters. The summed E-state index contributed by atoms with van der Waals surface area (Å²) < 4.78 is 4.96. The van der Waals surface area contributed by atoms with Crippen LogP contribution < -0.4 is 0 Å². The Bertz CT molecular complexity index is 400. The van der Waals surface area contributed by atoms with E-state index in [0.29, 0.717) is 18.7 Å². The van der Waals surface area contributed by atoms with E-state index in [1.54, 1.807) is 19.1 Å². The molecular formula is C14H20ClNO2. The van der Waals surface area contributed by atoms with Crippen molar-refractivity contribution in [2.75, 3.05) is 27.3 Å². The lowest BCUT2D eigenvalue weighted by atomic mass is 10.1. The summed E-state index contributed by atoms with van der Waals surface area (Å²) in [6.07, 6.45) is 0. The Balaban J connectivity index is 2.74. The molecule has 0 heterocycles.